The second kappa shape index (κ2) is 4.88. The lowest BCUT2D eigenvalue weighted by atomic mass is 10.0. The summed E-state index contributed by atoms with van der Waals surface area (Å²) >= 11 is 0. The maximum atomic E-state index is 13.8. The van der Waals surface area contributed by atoms with E-state index in [1.807, 2.05) is 30.3 Å². The highest BCUT2D eigenvalue weighted by molar-refractivity contribution is 5.23. The molecule has 2 aromatic carbocycles. The number of alkyl halides is 1. The Kier molecular flexibility index (Phi) is 3.30. The van der Waals surface area contributed by atoms with E-state index in [4.69, 9.17) is 0 Å². The van der Waals surface area contributed by atoms with Gasteiger partial charge in [-0.15, -0.1) is 0 Å². The van der Waals surface area contributed by atoms with Gasteiger partial charge in [-0.25, -0.2) is 8.78 Å². The molecule has 0 radical (unpaired) electrons. The minimum atomic E-state index is -1.29. The molecule has 0 fully saturated rings. The summed E-state index contributed by atoms with van der Waals surface area (Å²) in [5.41, 5.74) is 1.00. The van der Waals surface area contributed by atoms with Crippen molar-refractivity contribution in [3.8, 4) is 0 Å². The molecule has 0 aliphatic rings. The van der Waals surface area contributed by atoms with Gasteiger partial charge in [-0.2, -0.15) is 0 Å². The van der Waals surface area contributed by atoms with Gasteiger partial charge < -0.3 is 0 Å². The maximum absolute atomic E-state index is 13.8. The van der Waals surface area contributed by atoms with E-state index in [0.717, 1.165) is 5.56 Å². The van der Waals surface area contributed by atoms with Crippen molar-refractivity contribution >= 4 is 0 Å². The quantitative estimate of drug-likeness (QED) is 0.728. The second-order valence-electron chi connectivity index (χ2n) is 3.68. The van der Waals surface area contributed by atoms with Crippen LogP contribution in [0.15, 0.2) is 54.6 Å². The minimum absolute atomic E-state index is 0.131. The number of hydrogen-bond acceptors (Lipinski definition) is 0. The lowest BCUT2D eigenvalue weighted by Crippen LogP contribution is -1.99. The van der Waals surface area contributed by atoms with Crippen molar-refractivity contribution in [2.45, 2.75) is 12.6 Å². The summed E-state index contributed by atoms with van der Waals surface area (Å²) in [5, 5.41) is 0. The summed E-state index contributed by atoms with van der Waals surface area (Å²) in [6, 6.07) is 15.2. The third-order valence-electron chi connectivity index (χ3n) is 2.50. The summed E-state index contributed by atoms with van der Waals surface area (Å²) in [5.74, 6) is -0.481. The van der Waals surface area contributed by atoms with Crippen LogP contribution < -0.4 is 0 Å². The lowest BCUT2D eigenvalue weighted by Gasteiger charge is -2.09. The van der Waals surface area contributed by atoms with Crippen LogP contribution in [0.1, 0.15) is 17.3 Å². The van der Waals surface area contributed by atoms with Crippen molar-refractivity contribution in [2.24, 2.45) is 0 Å². The first-order valence-corrected chi connectivity index (χ1v) is 5.20. The van der Waals surface area contributed by atoms with Crippen LogP contribution in [-0.2, 0) is 6.42 Å². The number of halogens is 2. The summed E-state index contributed by atoms with van der Waals surface area (Å²) < 4.78 is 27.1. The van der Waals surface area contributed by atoms with Crippen LogP contribution in [0.5, 0.6) is 0 Å². The molecule has 0 nitrogen and oxygen atoms in total. The summed E-state index contributed by atoms with van der Waals surface area (Å²) in [4.78, 5) is 0. The first-order valence-electron chi connectivity index (χ1n) is 5.20. The van der Waals surface area contributed by atoms with E-state index in [0.29, 0.717) is 0 Å². The molecule has 0 bridgehead atoms. The van der Waals surface area contributed by atoms with E-state index >= 15 is 0 Å². The summed E-state index contributed by atoms with van der Waals surface area (Å²) in [6.45, 7) is 0. The average molecular weight is 218 g/mol. The third kappa shape index (κ3) is 2.45. The fourth-order valence-electron chi connectivity index (χ4n) is 1.66. The van der Waals surface area contributed by atoms with Gasteiger partial charge in [-0.3, -0.25) is 0 Å². The molecule has 2 aromatic rings. The Labute approximate surface area is 93.5 Å². The van der Waals surface area contributed by atoms with Crippen LogP contribution in [0.2, 0.25) is 0 Å². The molecule has 0 saturated heterocycles. The molecule has 0 saturated carbocycles. The molecule has 0 N–H and O–H groups in total. The van der Waals surface area contributed by atoms with Crippen LogP contribution in [-0.4, -0.2) is 0 Å². The van der Waals surface area contributed by atoms with Gasteiger partial charge in [-0.1, -0.05) is 48.5 Å². The van der Waals surface area contributed by atoms with E-state index in [9.17, 15) is 8.78 Å². The molecule has 0 heterocycles. The van der Waals surface area contributed by atoms with Gasteiger partial charge in [0.1, 0.15) is 12.0 Å². The Hall–Kier alpha value is -1.70. The van der Waals surface area contributed by atoms with Gasteiger partial charge in [0.05, 0.1) is 0 Å². The molecule has 1 unspecified atom stereocenters. The number of benzene rings is 2. The predicted octanol–water partition coefficient (Wildman–Crippen LogP) is 4.08. The lowest BCUT2D eigenvalue weighted by molar-refractivity contribution is 0.331. The highest BCUT2D eigenvalue weighted by atomic mass is 19.1. The predicted molar refractivity (Wildman–Crippen MR) is 60.4 cm³/mol. The Morgan fingerprint density at radius 2 is 1.50 bits per heavy atom. The molecule has 2 rings (SSSR count). The van der Waals surface area contributed by atoms with Crippen LogP contribution in [0.3, 0.4) is 0 Å². The van der Waals surface area contributed by atoms with Crippen molar-refractivity contribution in [1.82, 2.24) is 0 Å². The third-order valence-corrected chi connectivity index (χ3v) is 2.50. The first kappa shape index (κ1) is 10.8. The standard InChI is InChI=1S/C14H12F2/c15-13-9-5-4-8-12(13)14(16)10-11-6-2-1-3-7-11/h1-9,14H,10H2. The van der Waals surface area contributed by atoms with Crippen molar-refractivity contribution in [1.29, 1.82) is 0 Å². The Bertz CT molecular complexity index is 451. The van der Waals surface area contributed by atoms with E-state index in [1.54, 1.807) is 12.1 Å². The highest BCUT2D eigenvalue weighted by Gasteiger charge is 2.14. The molecule has 0 aliphatic heterocycles. The smallest absolute Gasteiger partial charge is 0.132 e. The van der Waals surface area contributed by atoms with Crippen molar-refractivity contribution < 1.29 is 8.78 Å². The zero-order valence-electron chi connectivity index (χ0n) is 8.74. The Morgan fingerprint density at radius 1 is 0.875 bits per heavy atom. The Morgan fingerprint density at radius 3 is 2.19 bits per heavy atom. The van der Waals surface area contributed by atoms with Gasteiger partial charge >= 0.3 is 0 Å². The molecule has 0 spiro atoms. The fraction of sp³-hybridized carbons (Fsp3) is 0.143. The molecular weight excluding hydrogens is 206 g/mol. The van der Waals surface area contributed by atoms with Crippen molar-refractivity contribution in [2.75, 3.05) is 0 Å². The molecule has 0 aliphatic carbocycles. The van der Waals surface area contributed by atoms with Crippen LogP contribution in [0, 0.1) is 5.82 Å². The first-order chi connectivity index (χ1) is 7.77. The Balaban J connectivity index is 2.15. The molecular formula is C14H12F2. The number of rotatable bonds is 3. The maximum Gasteiger partial charge on any atom is 0.132 e. The topological polar surface area (TPSA) is 0 Å². The molecule has 2 heteroatoms. The molecule has 16 heavy (non-hydrogen) atoms. The summed E-state index contributed by atoms with van der Waals surface area (Å²) in [7, 11) is 0. The van der Waals surface area contributed by atoms with Crippen molar-refractivity contribution in [3.05, 3.63) is 71.5 Å². The zero-order chi connectivity index (χ0) is 11.4. The molecule has 1 atom stereocenters. The highest BCUT2D eigenvalue weighted by Crippen LogP contribution is 2.24. The van der Waals surface area contributed by atoms with Gasteiger partial charge in [0.25, 0.3) is 0 Å². The average Bonchev–Trinajstić information content (AvgIpc) is 2.31. The molecule has 0 aromatic heterocycles. The van der Waals surface area contributed by atoms with E-state index in [-0.39, 0.29) is 12.0 Å². The normalized spacial score (nSPS) is 12.4. The van der Waals surface area contributed by atoms with Crippen LogP contribution in [0.4, 0.5) is 8.78 Å². The summed E-state index contributed by atoms with van der Waals surface area (Å²) in [6.07, 6.45) is -1.08. The van der Waals surface area contributed by atoms with Gasteiger partial charge in [0, 0.05) is 12.0 Å². The zero-order valence-corrected chi connectivity index (χ0v) is 8.74. The number of hydrogen-bond donors (Lipinski definition) is 0. The fourth-order valence-corrected chi connectivity index (χ4v) is 1.66. The van der Waals surface area contributed by atoms with E-state index in [2.05, 4.69) is 0 Å². The van der Waals surface area contributed by atoms with Crippen molar-refractivity contribution in [3.63, 3.8) is 0 Å². The second-order valence-corrected chi connectivity index (χ2v) is 3.68. The van der Waals surface area contributed by atoms with Crippen LogP contribution >= 0.6 is 0 Å². The molecule has 0 amide bonds. The monoisotopic (exact) mass is 218 g/mol. The largest absolute Gasteiger partial charge is 0.242 e. The van der Waals surface area contributed by atoms with Gasteiger partial charge in [0.15, 0.2) is 0 Å². The van der Waals surface area contributed by atoms with Crippen LogP contribution in [0.25, 0.3) is 0 Å². The minimum Gasteiger partial charge on any atom is -0.242 e. The SMILES string of the molecule is Fc1ccccc1C(F)Cc1ccccc1. The van der Waals surface area contributed by atoms with Gasteiger partial charge in [0.2, 0.25) is 0 Å². The van der Waals surface area contributed by atoms with E-state index in [1.165, 1.54) is 12.1 Å². The van der Waals surface area contributed by atoms with Gasteiger partial charge in [-0.05, 0) is 11.6 Å². The van der Waals surface area contributed by atoms with E-state index < -0.39 is 12.0 Å². The molecule has 82 valence electrons.